The summed E-state index contributed by atoms with van der Waals surface area (Å²) in [6.07, 6.45) is 0.651. The molecule has 0 bridgehead atoms. The second-order valence-electron chi connectivity index (χ2n) is 4.56. The van der Waals surface area contributed by atoms with Gasteiger partial charge in [0.2, 0.25) is 0 Å². The maximum absolute atomic E-state index is 12.0. The fourth-order valence-electron chi connectivity index (χ4n) is 2.04. The van der Waals surface area contributed by atoms with E-state index in [-0.39, 0.29) is 5.91 Å². The van der Waals surface area contributed by atoms with Gasteiger partial charge in [-0.05, 0) is 38.2 Å². The Hall–Kier alpha value is -1.95. The topological polar surface area (TPSA) is 62.7 Å². The average Bonchev–Trinajstić information content (AvgIpc) is 2.79. The van der Waals surface area contributed by atoms with Gasteiger partial charge in [0, 0.05) is 25.1 Å². The number of hydrogen-bond acceptors (Lipinski definition) is 3. The van der Waals surface area contributed by atoms with Crippen LogP contribution in [0.3, 0.4) is 0 Å². The van der Waals surface area contributed by atoms with E-state index in [2.05, 4.69) is 15.5 Å². The molecule has 0 unspecified atom stereocenters. The molecule has 0 saturated heterocycles. The van der Waals surface area contributed by atoms with Gasteiger partial charge in [-0.25, -0.2) is 0 Å². The summed E-state index contributed by atoms with van der Waals surface area (Å²) in [5.74, 6) is 0.799. The Morgan fingerprint density at radius 2 is 2.30 bits per heavy atom. The molecule has 0 aliphatic rings. The third-order valence-electron chi connectivity index (χ3n) is 3.07. The highest BCUT2D eigenvalue weighted by Gasteiger charge is 2.07. The van der Waals surface area contributed by atoms with Crippen LogP contribution in [0.2, 0.25) is 0 Å². The van der Waals surface area contributed by atoms with Crippen molar-refractivity contribution < 1.29 is 4.79 Å². The van der Waals surface area contributed by atoms with Crippen LogP contribution in [0.15, 0.2) is 24.3 Å². The van der Waals surface area contributed by atoms with Crippen molar-refractivity contribution in [3.8, 4) is 0 Å². The van der Waals surface area contributed by atoms with Gasteiger partial charge in [-0.3, -0.25) is 9.89 Å². The molecule has 2 rings (SSSR count). The number of carbonyl (C=O) groups is 1. The Labute approximate surface area is 123 Å². The van der Waals surface area contributed by atoms with Gasteiger partial charge in [-0.15, -0.1) is 0 Å². The second-order valence-corrected chi connectivity index (χ2v) is 4.95. The third kappa shape index (κ3) is 3.33. The Balaban J connectivity index is 1.93. The van der Waals surface area contributed by atoms with E-state index in [0.29, 0.717) is 23.3 Å². The largest absolute Gasteiger partial charge is 0.352 e. The van der Waals surface area contributed by atoms with E-state index in [1.54, 1.807) is 0 Å². The maximum Gasteiger partial charge on any atom is 0.251 e. The zero-order valence-corrected chi connectivity index (χ0v) is 12.5. The van der Waals surface area contributed by atoms with Gasteiger partial charge in [0.15, 0.2) is 4.77 Å². The van der Waals surface area contributed by atoms with Gasteiger partial charge in [0.05, 0.1) is 0 Å². The van der Waals surface area contributed by atoms with Crippen molar-refractivity contribution in [2.75, 3.05) is 6.54 Å². The van der Waals surface area contributed by atoms with Gasteiger partial charge in [0.1, 0.15) is 5.82 Å². The first-order valence-corrected chi connectivity index (χ1v) is 7.01. The van der Waals surface area contributed by atoms with Crippen molar-refractivity contribution in [1.82, 2.24) is 20.1 Å². The van der Waals surface area contributed by atoms with Gasteiger partial charge >= 0.3 is 0 Å². The number of nitrogens with zero attached hydrogens (tertiary/aromatic N) is 2. The number of benzene rings is 1. The van der Waals surface area contributed by atoms with Gasteiger partial charge in [-0.1, -0.05) is 17.7 Å². The highest BCUT2D eigenvalue weighted by atomic mass is 32.1. The fourth-order valence-corrected chi connectivity index (χ4v) is 2.32. The fraction of sp³-hybridized carbons (Fsp3) is 0.357. The zero-order chi connectivity index (χ0) is 14.5. The van der Waals surface area contributed by atoms with Crippen molar-refractivity contribution in [2.24, 2.45) is 0 Å². The van der Waals surface area contributed by atoms with Crippen molar-refractivity contribution in [2.45, 2.75) is 26.8 Å². The van der Waals surface area contributed by atoms with Crippen LogP contribution in [0.1, 0.15) is 28.7 Å². The summed E-state index contributed by atoms with van der Waals surface area (Å²) >= 11 is 5.12. The van der Waals surface area contributed by atoms with Gasteiger partial charge in [-0.2, -0.15) is 5.10 Å². The molecule has 1 heterocycles. The van der Waals surface area contributed by atoms with E-state index in [1.165, 1.54) is 0 Å². The number of hydrogen-bond donors (Lipinski definition) is 2. The molecule has 0 fully saturated rings. The minimum absolute atomic E-state index is 0.0640. The molecular formula is C14H18N4OS. The van der Waals surface area contributed by atoms with Crippen LogP contribution in [0.4, 0.5) is 0 Å². The van der Waals surface area contributed by atoms with Gasteiger partial charge in [0.25, 0.3) is 5.91 Å². The SMILES string of the molecule is CCn1c(CCNC(=O)c2cccc(C)c2)n[nH]c1=S. The first-order chi connectivity index (χ1) is 9.61. The first kappa shape index (κ1) is 14.5. The summed E-state index contributed by atoms with van der Waals surface area (Å²) in [6.45, 7) is 5.29. The van der Waals surface area contributed by atoms with Crippen molar-refractivity contribution >= 4 is 18.1 Å². The number of aryl methyl sites for hydroxylation is 1. The quantitative estimate of drug-likeness (QED) is 0.830. The van der Waals surface area contributed by atoms with Crippen LogP contribution in [-0.2, 0) is 13.0 Å². The number of aromatic nitrogens is 3. The van der Waals surface area contributed by atoms with E-state index in [9.17, 15) is 4.79 Å². The Morgan fingerprint density at radius 3 is 3.00 bits per heavy atom. The van der Waals surface area contributed by atoms with Crippen molar-refractivity contribution in [3.05, 3.63) is 46.0 Å². The molecule has 1 amide bonds. The van der Waals surface area contributed by atoms with Crippen LogP contribution < -0.4 is 5.32 Å². The lowest BCUT2D eigenvalue weighted by Crippen LogP contribution is -2.26. The molecule has 6 heteroatoms. The lowest BCUT2D eigenvalue weighted by atomic mass is 10.1. The summed E-state index contributed by atoms with van der Waals surface area (Å²) < 4.78 is 2.54. The van der Waals surface area contributed by atoms with Gasteiger partial charge < -0.3 is 9.88 Å². The molecule has 0 spiro atoms. The number of rotatable bonds is 5. The molecule has 0 saturated carbocycles. The highest BCUT2D eigenvalue weighted by Crippen LogP contribution is 2.04. The molecule has 5 nitrogen and oxygen atoms in total. The summed E-state index contributed by atoms with van der Waals surface area (Å²) in [6, 6.07) is 7.53. The maximum atomic E-state index is 12.0. The second kappa shape index (κ2) is 6.47. The van der Waals surface area contributed by atoms with Crippen LogP contribution >= 0.6 is 12.2 Å². The first-order valence-electron chi connectivity index (χ1n) is 6.60. The molecule has 1 aromatic heterocycles. The Bertz CT molecular complexity index is 659. The van der Waals surface area contributed by atoms with E-state index in [0.717, 1.165) is 17.9 Å². The minimum atomic E-state index is -0.0640. The van der Waals surface area contributed by atoms with Crippen molar-refractivity contribution in [1.29, 1.82) is 0 Å². The van der Waals surface area contributed by atoms with E-state index in [1.807, 2.05) is 42.7 Å². The normalized spacial score (nSPS) is 10.5. The summed E-state index contributed by atoms with van der Waals surface area (Å²) in [5, 5.41) is 9.83. The molecule has 0 atom stereocenters. The predicted octanol–water partition coefficient (Wildman–Crippen LogP) is 2.24. The monoisotopic (exact) mass is 290 g/mol. The van der Waals surface area contributed by atoms with Crippen LogP contribution in [0.5, 0.6) is 0 Å². The number of H-pyrrole nitrogens is 1. The molecule has 0 aliphatic carbocycles. The number of nitrogens with one attached hydrogen (secondary N) is 2. The van der Waals surface area contributed by atoms with E-state index < -0.39 is 0 Å². The van der Waals surface area contributed by atoms with E-state index >= 15 is 0 Å². The van der Waals surface area contributed by atoms with Crippen LogP contribution in [0, 0.1) is 11.7 Å². The smallest absolute Gasteiger partial charge is 0.251 e. The summed E-state index contributed by atoms with van der Waals surface area (Å²) in [7, 11) is 0. The van der Waals surface area contributed by atoms with Crippen LogP contribution in [-0.4, -0.2) is 27.2 Å². The highest BCUT2D eigenvalue weighted by molar-refractivity contribution is 7.71. The lowest BCUT2D eigenvalue weighted by molar-refractivity contribution is 0.0954. The predicted molar refractivity (Wildman–Crippen MR) is 80.3 cm³/mol. The summed E-state index contributed by atoms with van der Waals surface area (Å²) in [5.41, 5.74) is 1.75. The molecule has 106 valence electrons. The zero-order valence-electron chi connectivity index (χ0n) is 11.6. The number of amides is 1. The molecule has 0 aliphatic heterocycles. The number of aromatic amines is 1. The Morgan fingerprint density at radius 1 is 1.50 bits per heavy atom. The number of carbonyl (C=O) groups excluding carboxylic acids is 1. The summed E-state index contributed by atoms with van der Waals surface area (Å²) in [4.78, 5) is 12.0. The molecule has 1 aromatic carbocycles. The lowest BCUT2D eigenvalue weighted by Gasteiger charge is -2.06. The Kier molecular flexibility index (Phi) is 4.68. The van der Waals surface area contributed by atoms with E-state index in [4.69, 9.17) is 12.2 Å². The minimum Gasteiger partial charge on any atom is -0.352 e. The molecule has 2 aromatic rings. The third-order valence-corrected chi connectivity index (χ3v) is 3.38. The standard InChI is InChI=1S/C14H18N4OS/c1-3-18-12(16-17-14(18)20)7-8-15-13(19)11-6-4-5-10(2)9-11/h4-6,9H,3,7-8H2,1-2H3,(H,15,19)(H,17,20). The molecular weight excluding hydrogens is 272 g/mol. The molecule has 0 radical (unpaired) electrons. The molecule has 2 N–H and O–H groups in total. The van der Waals surface area contributed by atoms with Crippen LogP contribution in [0.25, 0.3) is 0 Å². The molecule has 20 heavy (non-hydrogen) atoms. The average molecular weight is 290 g/mol. The van der Waals surface area contributed by atoms with Crippen molar-refractivity contribution in [3.63, 3.8) is 0 Å².